The third-order valence-electron chi connectivity index (χ3n) is 17.6. The van der Waals surface area contributed by atoms with Crippen molar-refractivity contribution < 1.29 is 42.2 Å². The van der Waals surface area contributed by atoms with Gasteiger partial charge >= 0.3 is 0 Å². The van der Waals surface area contributed by atoms with Gasteiger partial charge in [-0.3, -0.25) is 19.8 Å². The Morgan fingerprint density at radius 1 is 0.905 bits per heavy atom. The lowest BCUT2D eigenvalue weighted by Crippen LogP contribution is -2.67. The van der Waals surface area contributed by atoms with Crippen LogP contribution in [-0.4, -0.2) is 122 Å². The average molecular weight is 1030 g/mol. The molecule has 0 bridgehead atoms. The molecule has 7 aliphatic rings. The van der Waals surface area contributed by atoms with Gasteiger partial charge < -0.3 is 44.2 Å². The maximum Gasteiger partial charge on any atom is 0.293 e. The van der Waals surface area contributed by atoms with Crippen molar-refractivity contribution in [2.45, 2.75) is 118 Å². The lowest BCUT2D eigenvalue weighted by atomic mass is 9.59. The number of hydrogen-bond donors (Lipinski definition) is 4. The predicted octanol–water partition coefficient (Wildman–Crippen LogP) is 7.87. The number of aromatic amines is 1. The van der Waals surface area contributed by atoms with Gasteiger partial charge in [0.05, 0.1) is 70.3 Å². The van der Waals surface area contributed by atoms with Crippen LogP contribution in [0, 0.1) is 21.4 Å². The summed E-state index contributed by atoms with van der Waals surface area (Å²) >= 11 is 0. The zero-order valence-corrected chi connectivity index (χ0v) is 43.1. The van der Waals surface area contributed by atoms with Crippen LogP contribution in [0.5, 0.6) is 5.88 Å². The molecule has 12 rings (SSSR count). The minimum atomic E-state index is -4.63. The van der Waals surface area contributed by atoms with Crippen molar-refractivity contribution in [3.63, 3.8) is 0 Å². The summed E-state index contributed by atoms with van der Waals surface area (Å²) < 4.78 is 56.0. The number of aromatic nitrogens is 2. The third-order valence-corrected chi connectivity index (χ3v) is 19.0. The molecule has 0 unspecified atom stereocenters. The molecule has 2 spiro atoms. The summed E-state index contributed by atoms with van der Waals surface area (Å²) in [6, 6.07) is 21.9. The van der Waals surface area contributed by atoms with Gasteiger partial charge in [0.2, 0.25) is 5.88 Å². The number of amides is 1. The molecule has 2 saturated carbocycles. The van der Waals surface area contributed by atoms with Crippen LogP contribution in [0.2, 0.25) is 0 Å². The molecule has 3 aromatic carbocycles. The summed E-state index contributed by atoms with van der Waals surface area (Å²) in [7, 11) is -4.63. The summed E-state index contributed by atoms with van der Waals surface area (Å²) in [6.45, 7) is 11.7. The quantitative estimate of drug-likeness (QED) is 0.0774. The van der Waals surface area contributed by atoms with E-state index < -0.39 is 43.1 Å². The van der Waals surface area contributed by atoms with Gasteiger partial charge in [0.1, 0.15) is 23.1 Å². The van der Waals surface area contributed by atoms with Crippen LogP contribution >= 0.6 is 0 Å². The molecule has 19 heteroatoms. The number of carbonyl (C=O) groups is 1. The van der Waals surface area contributed by atoms with Crippen molar-refractivity contribution in [1.82, 2.24) is 19.6 Å². The SMILES string of the molecule is CC1(O)CCC(CNc2ccc(S(=O)(=O)NC(=O)c3ccc(N4CCC5(CC4)CC(N4CCOC[C@]46COC(C)(C)c4ccccc46)C5)cc3N3c4cc5cc[nH]c5nc4O[C@H]4COCC[C@@H]43)cc2[N+](=O)[O-])CC1. The van der Waals surface area contributed by atoms with Crippen molar-refractivity contribution in [3.8, 4) is 5.88 Å². The number of rotatable bonds is 10. The van der Waals surface area contributed by atoms with Gasteiger partial charge in [0, 0.05) is 62.2 Å². The number of ether oxygens (including phenoxy) is 4. The van der Waals surface area contributed by atoms with Crippen molar-refractivity contribution in [3.05, 3.63) is 106 Å². The number of nitrogens with zero attached hydrogens (tertiary/aromatic N) is 5. The molecule has 7 heterocycles. The average Bonchev–Trinajstić information content (AvgIpc) is 3.86. The van der Waals surface area contributed by atoms with Crippen molar-refractivity contribution in [2.75, 3.05) is 74.3 Å². The Morgan fingerprint density at radius 2 is 1.69 bits per heavy atom. The van der Waals surface area contributed by atoms with Crippen LogP contribution < -0.4 is 24.6 Å². The van der Waals surface area contributed by atoms with Crippen LogP contribution in [0.25, 0.3) is 11.0 Å². The molecule has 0 radical (unpaired) electrons. The number of fused-ring (bicyclic) bond motifs is 5. The van der Waals surface area contributed by atoms with E-state index in [1.54, 1.807) is 12.3 Å². The number of anilines is 4. The Hall–Kier alpha value is -5.83. The zero-order valence-electron chi connectivity index (χ0n) is 42.3. The third kappa shape index (κ3) is 8.75. The lowest BCUT2D eigenvalue weighted by molar-refractivity contribution is -0.384. The molecule has 4 N–H and O–H groups in total. The number of hydrogen-bond acceptors (Lipinski definition) is 15. The minimum absolute atomic E-state index is 0.107. The lowest BCUT2D eigenvalue weighted by Gasteiger charge is -2.62. The number of aliphatic hydroxyl groups is 1. The van der Waals surface area contributed by atoms with E-state index in [1.165, 1.54) is 23.3 Å². The Morgan fingerprint density at radius 3 is 2.47 bits per heavy atom. The first-order chi connectivity index (χ1) is 35.5. The van der Waals surface area contributed by atoms with Crippen LogP contribution in [0.3, 0.4) is 0 Å². The van der Waals surface area contributed by atoms with Gasteiger partial charge in [-0.25, -0.2) is 13.1 Å². The smallest absolute Gasteiger partial charge is 0.293 e. The van der Waals surface area contributed by atoms with E-state index in [0.29, 0.717) is 87.8 Å². The zero-order chi connectivity index (χ0) is 51.2. The number of nitro groups is 1. The molecule has 5 aromatic rings. The van der Waals surface area contributed by atoms with E-state index in [1.807, 2.05) is 31.2 Å². The second kappa shape index (κ2) is 18.5. The number of sulfonamides is 1. The number of benzene rings is 3. The summed E-state index contributed by atoms with van der Waals surface area (Å²) in [5.74, 6) is -0.329. The van der Waals surface area contributed by atoms with Crippen LogP contribution in [0.15, 0.2) is 83.9 Å². The molecular weight excluding hydrogens is 965 g/mol. The minimum Gasteiger partial charge on any atom is -0.468 e. The Bertz CT molecular complexity index is 3100. The summed E-state index contributed by atoms with van der Waals surface area (Å²) in [5, 5.41) is 26.8. The second-order valence-corrected chi connectivity index (χ2v) is 24.4. The van der Waals surface area contributed by atoms with Crippen molar-refractivity contribution >= 4 is 55.4 Å². The van der Waals surface area contributed by atoms with E-state index in [9.17, 15) is 28.4 Å². The van der Waals surface area contributed by atoms with E-state index in [2.05, 4.69) is 67.8 Å². The highest BCUT2D eigenvalue weighted by atomic mass is 32.2. The molecule has 5 fully saturated rings. The highest BCUT2D eigenvalue weighted by molar-refractivity contribution is 7.90. The molecular formula is C55H66N8O10S. The van der Waals surface area contributed by atoms with Crippen LogP contribution in [0.4, 0.5) is 28.4 Å². The summed E-state index contributed by atoms with van der Waals surface area (Å²) in [5.41, 5.74) is 3.84. The number of nitrogens with one attached hydrogen (secondary N) is 3. The normalized spacial score (nSPS) is 27.6. The van der Waals surface area contributed by atoms with Crippen molar-refractivity contribution in [2.24, 2.45) is 11.3 Å². The molecule has 3 atom stereocenters. The molecule has 1 amide bonds. The van der Waals surface area contributed by atoms with E-state index in [-0.39, 0.29) is 39.8 Å². The highest BCUT2D eigenvalue weighted by Crippen LogP contribution is 2.56. The number of H-pyrrole nitrogens is 1. The molecule has 3 saturated heterocycles. The van der Waals surface area contributed by atoms with Crippen molar-refractivity contribution in [1.29, 1.82) is 0 Å². The molecule has 2 aliphatic carbocycles. The predicted molar refractivity (Wildman–Crippen MR) is 279 cm³/mol. The summed E-state index contributed by atoms with van der Waals surface area (Å²) in [4.78, 5) is 41.3. The first-order valence-electron chi connectivity index (χ1n) is 26.3. The first kappa shape index (κ1) is 49.1. The standard InChI is InChI=1S/C55H66N8O10S/c1-52(2)41-6-4-5-7-42(41)55(34-72-52)33-71-25-23-61(55)38-29-54(30-38)18-21-60(22-19-54)37-8-10-40(45(27-37)62-44-15-24-70-32-48(44)73-51-47(62)26-36-14-20-56-49(36)58-51)50(64)59-74(68,69)39-9-11-43(46(28-39)63(66)67)57-31-35-12-16-53(3,65)17-13-35/h4-11,14,20,26-28,35,38,44,48,57,65H,12-13,15-19,21-25,29-34H2,1-3H3,(H,56,58)(H,59,64)/t35?,44-,48-,53?,55+/m0/s1. The fourth-order valence-corrected chi connectivity index (χ4v) is 14.3. The van der Waals surface area contributed by atoms with Gasteiger partial charge in [-0.05, 0) is 143 Å². The number of morpholine rings is 1. The summed E-state index contributed by atoms with van der Waals surface area (Å²) in [6.07, 6.45) is 8.90. The van der Waals surface area contributed by atoms with E-state index in [4.69, 9.17) is 23.9 Å². The van der Waals surface area contributed by atoms with Gasteiger partial charge in [0.25, 0.3) is 21.6 Å². The van der Waals surface area contributed by atoms with Gasteiger partial charge in [-0.1, -0.05) is 24.3 Å². The molecule has 392 valence electrons. The van der Waals surface area contributed by atoms with Gasteiger partial charge in [0.15, 0.2) is 0 Å². The Balaban J connectivity index is 0.820. The Labute approximate surface area is 431 Å². The topological polar surface area (TPSA) is 214 Å². The number of nitro benzene ring substituents is 1. The molecule has 18 nitrogen and oxygen atoms in total. The number of pyridine rings is 1. The maximum atomic E-state index is 14.8. The monoisotopic (exact) mass is 1030 g/mol. The van der Waals surface area contributed by atoms with Crippen LogP contribution in [0.1, 0.15) is 100 Å². The number of piperidine rings is 1. The van der Waals surface area contributed by atoms with Crippen LogP contribution in [-0.2, 0) is 35.4 Å². The van der Waals surface area contributed by atoms with Gasteiger partial charge in [-0.15, -0.1) is 0 Å². The fourth-order valence-electron chi connectivity index (χ4n) is 13.3. The highest BCUT2D eigenvalue weighted by Gasteiger charge is 2.56. The molecule has 5 aliphatic heterocycles. The largest absolute Gasteiger partial charge is 0.468 e. The van der Waals surface area contributed by atoms with E-state index >= 15 is 0 Å². The van der Waals surface area contributed by atoms with E-state index in [0.717, 1.165) is 75.3 Å². The first-order valence-corrected chi connectivity index (χ1v) is 27.8. The maximum absolute atomic E-state index is 14.8. The molecule has 74 heavy (non-hydrogen) atoms. The Kier molecular flexibility index (Phi) is 12.3. The number of carbonyl (C=O) groups excluding carboxylic acids is 1. The molecule has 2 aromatic heterocycles. The second-order valence-electron chi connectivity index (χ2n) is 22.8. The fraction of sp³-hybridized carbons (Fsp3) is 0.527. The van der Waals surface area contributed by atoms with Gasteiger partial charge in [-0.2, -0.15) is 4.98 Å².